The summed E-state index contributed by atoms with van der Waals surface area (Å²) < 4.78 is 0. The molecule has 0 radical (unpaired) electrons. The Labute approximate surface area is 246 Å². The van der Waals surface area contributed by atoms with Crippen molar-refractivity contribution in [3.05, 3.63) is 170 Å². The SMILES string of the molecule is c1ccc(-c2c3ccccc3c(-c3cccc(-c4ccccc4-c4ccc5ccccc5c4)c3)c3ccccc23)cc1. The Bertz CT molecular complexity index is 2180. The van der Waals surface area contributed by atoms with Gasteiger partial charge in [0, 0.05) is 0 Å². The van der Waals surface area contributed by atoms with Crippen molar-refractivity contribution in [1.29, 1.82) is 0 Å². The van der Waals surface area contributed by atoms with Gasteiger partial charge < -0.3 is 0 Å². The highest BCUT2D eigenvalue weighted by Gasteiger charge is 2.17. The van der Waals surface area contributed by atoms with E-state index < -0.39 is 0 Å². The van der Waals surface area contributed by atoms with Gasteiger partial charge in [-0.1, -0.05) is 158 Å². The minimum absolute atomic E-state index is 1.22. The summed E-state index contributed by atoms with van der Waals surface area (Å²) in [7, 11) is 0. The van der Waals surface area contributed by atoms with E-state index in [2.05, 4.69) is 170 Å². The van der Waals surface area contributed by atoms with Crippen molar-refractivity contribution in [2.24, 2.45) is 0 Å². The van der Waals surface area contributed by atoms with Crippen molar-refractivity contribution in [1.82, 2.24) is 0 Å². The fourth-order valence-electron chi connectivity index (χ4n) is 6.54. The van der Waals surface area contributed by atoms with E-state index in [0.29, 0.717) is 0 Å². The molecule has 0 aromatic heterocycles. The van der Waals surface area contributed by atoms with E-state index in [1.807, 2.05) is 0 Å². The van der Waals surface area contributed by atoms with E-state index in [4.69, 9.17) is 0 Å². The number of fused-ring (bicyclic) bond motifs is 3. The highest BCUT2D eigenvalue weighted by atomic mass is 14.2. The van der Waals surface area contributed by atoms with Gasteiger partial charge in [0.2, 0.25) is 0 Å². The summed E-state index contributed by atoms with van der Waals surface area (Å²) >= 11 is 0. The molecule has 0 unspecified atom stereocenters. The molecule has 0 saturated heterocycles. The van der Waals surface area contributed by atoms with E-state index in [1.54, 1.807) is 0 Å². The normalized spacial score (nSPS) is 11.3. The first-order valence-corrected chi connectivity index (χ1v) is 14.5. The standard InChI is InChI=1S/C42H28/c1-2-14-30(15-3-1)41-37-21-8-10-23-39(37)42(40-24-11-9-22-38(40)41)34-18-12-17-32(28-34)35-19-6-7-20-36(35)33-26-25-29-13-4-5-16-31(29)27-33/h1-28H. The maximum Gasteiger partial charge on any atom is -0.00262 e. The van der Waals surface area contributed by atoms with Crippen LogP contribution < -0.4 is 0 Å². The second-order valence-corrected chi connectivity index (χ2v) is 10.9. The van der Waals surface area contributed by atoms with Crippen LogP contribution in [-0.2, 0) is 0 Å². The van der Waals surface area contributed by atoms with Crippen LogP contribution in [0.3, 0.4) is 0 Å². The molecule has 0 fully saturated rings. The zero-order valence-electron chi connectivity index (χ0n) is 23.2. The number of hydrogen-bond donors (Lipinski definition) is 0. The van der Waals surface area contributed by atoms with Crippen LogP contribution in [0.1, 0.15) is 0 Å². The Hall–Kier alpha value is -5.46. The smallest absolute Gasteiger partial charge is 0.00262 e. The first-order valence-electron chi connectivity index (χ1n) is 14.5. The molecule has 42 heavy (non-hydrogen) atoms. The van der Waals surface area contributed by atoms with E-state index in [9.17, 15) is 0 Å². The second kappa shape index (κ2) is 10.2. The summed E-state index contributed by atoms with van der Waals surface area (Å²) in [5.74, 6) is 0. The fourth-order valence-corrected chi connectivity index (χ4v) is 6.54. The Morgan fingerprint density at radius 3 is 1.33 bits per heavy atom. The Kier molecular flexibility index (Phi) is 5.90. The summed E-state index contributed by atoms with van der Waals surface area (Å²) in [6, 6.07) is 61.7. The Morgan fingerprint density at radius 1 is 0.238 bits per heavy atom. The van der Waals surface area contributed by atoms with Gasteiger partial charge in [-0.15, -0.1) is 0 Å². The molecule has 0 atom stereocenters. The van der Waals surface area contributed by atoms with Gasteiger partial charge in [-0.25, -0.2) is 0 Å². The van der Waals surface area contributed by atoms with Gasteiger partial charge in [-0.05, 0) is 89.0 Å². The summed E-state index contributed by atoms with van der Waals surface area (Å²) in [6.45, 7) is 0. The van der Waals surface area contributed by atoms with Crippen LogP contribution in [0.2, 0.25) is 0 Å². The van der Waals surface area contributed by atoms with Crippen molar-refractivity contribution >= 4 is 32.3 Å². The molecule has 0 nitrogen and oxygen atoms in total. The predicted octanol–water partition coefficient (Wildman–Crippen LogP) is 11.8. The number of hydrogen-bond acceptors (Lipinski definition) is 0. The average molecular weight is 533 g/mol. The van der Waals surface area contributed by atoms with Gasteiger partial charge in [0.25, 0.3) is 0 Å². The molecule has 0 aliphatic heterocycles. The van der Waals surface area contributed by atoms with E-state index >= 15 is 0 Å². The molecule has 0 amide bonds. The van der Waals surface area contributed by atoms with E-state index in [1.165, 1.54) is 76.8 Å². The quantitative estimate of drug-likeness (QED) is 0.198. The highest BCUT2D eigenvalue weighted by Crippen LogP contribution is 2.44. The van der Waals surface area contributed by atoms with Crippen LogP contribution >= 0.6 is 0 Å². The molecule has 8 aromatic rings. The van der Waals surface area contributed by atoms with Crippen molar-refractivity contribution < 1.29 is 0 Å². The van der Waals surface area contributed by atoms with Crippen molar-refractivity contribution in [2.75, 3.05) is 0 Å². The predicted molar refractivity (Wildman–Crippen MR) is 181 cm³/mol. The van der Waals surface area contributed by atoms with Gasteiger partial charge in [0.1, 0.15) is 0 Å². The lowest BCUT2D eigenvalue weighted by atomic mass is 9.85. The van der Waals surface area contributed by atoms with Crippen molar-refractivity contribution in [3.63, 3.8) is 0 Å². The maximum atomic E-state index is 2.37. The Balaban J connectivity index is 1.35. The van der Waals surface area contributed by atoms with Gasteiger partial charge >= 0.3 is 0 Å². The van der Waals surface area contributed by atoms with Crippen LogP contribution in [0.4, 0.5) is 0 Å². The third-order valence-electron chi connectivity index (χ3n) is 8.44. The molecule has 8 aromatic carbocycles. The number of rotatable bonds is 4. The van der Waals surface area contributed by atoms with E-state index in [0.717, 1.165) is 0 Å². The molecule has 8 rings (SSSR count). The first kappa shape index (κ1) is 24.3. The van der Waals surface area contributed by atoms with Crippen molar-refractivity contribution in [2.45, 2.75) is 0 Å². The topological polar surface area (TPSA) is 0 Å². The first-order chi connectivity index (χ1) is 20.8. The van der Waals surface area contributed by atoms with Crippen LogP contribution in [0.15, 0.2) is 170 Å². The van der Waals surface area contributed by atoms with Crippen LogP contribution in [0.25, 0.3) is 76.8 Å². The molecule has 0 aliphatic rings. The minimum Gasteiger partial charge on any atom is -0.0622 e. The number of benzene rings is 8. The molecule has 0 bridgehead atoms. The molecule has 0 heterocycles. The third-order valence-corrected chi connectivity index (χ3v) is 8.44. The lowest BCUT2D eigenvalue weighted by Crippen LogP contribution is -1.91. The molecule has 0 spiro atoms. The highest BCUT2D eigenvalue weighted by molar-refractivity contribution is 6.21. The van der Waals surface area contributed by atoms with E-state index in [-0.39, 0.29) is 0 Å². The molecular weight excluding hydrogens is 504 g/mol. The zero-order valence-corrected chi connectivity index (χ0v) is 23.2. The van der Waals surface area contributed by atoms with Gasteiger partial charge in [0.05, 0.1) is 0 Å². The zero-order chi connectivity index (χ0) is 27.9. The van der Waals surface area contributed by atoms with Crippen molar-refractivity contribution in [3.8, 4) is 44.5 Å². The van der Waals surface area contributed by atoms with Gasteiger partial charge in [0.15, 0.2) is 0 Å². The van der Waals surface area contributed by atoms with Crippen LogP contribution in [0.5, 0.6) is 0 Å². The Morgan fingerprint density at radius 2 is 0.690 bits per heavy atom. The summed E-state index contributed by atoms with van der Waals surface area (Å²) in [6.07, 6.45) is 0. The lowest BCUT2D eigenvalue weighted by Gasteiger charge is -2.18. The molecular formula is C42H28. The summed E-state index contributed by atoms with van der Waals surface area (Å²) in [5.41, 5.74) is 9.99. The van der Waals surface area contributed by atoms with Gasteiger partial charge in [-0.3, -0.25) is 0 Å². The largest absolute Gasteiger partial charge is 0.0622 e. The minimum atomic E-state index is 1.22. The van der Waals surface area contributed by atoms with Crippen LogP contribution in [-0.4, -0.2) is 0 Å². The molecule has 0 saturated carbocycles. The summed E-state index contributed by atoms with van der Waals surface area (Å²) in [5, 5.41) is 7.62. The molecule has 196 valence electrons. The monoisotopic (exact) mass is 532 g/mol. The van der Waals surface area contributed by atoms with Gasteiger partial charge in [-0.2, -0.15) is 0 Å². The lowest BCUT2D eigenvalue weighted by molar-refractivity contribution is 1.59. The van der Waals surface area contributed by atoms with Crippen LogP contribution in [0, 0.1) is 0 Å². The summed E-state index contributed by atoms with van der Waals surface area (Å²) in [4.78, 5) is 0. The molecule has 0 aliphatic carbocycles. The molecule has 0 heteroatoms. The molecule has 0 N–H and O–H groups in total. The second-order valence-electron chi connectivity index (χ2n) is 10.9. The fraction of sp³-hybridized carbons (Fsp3) is 0. The average Bonchev–Trinajstić information content (AvgIpc) is 3.07. The third kappa shape index (κ3) is 4.08. The maximum absolute atomic E-state index is 2.37.